The van der Waals surface area contributed by atoms with E-state index in [1.54, 1.807) is 20.3 Å². The molecule has 0 aromatic heterocycles. The van der Waals surface area contributed by atoms with E-state index in [9.17, 15) is 8.78 Å². The third-order valence-electron chi connectivity index (χ3n) is 2.98. The first kappa shape index (κ1) is 17.2. The Hall–Kier alpha value is -0.823. The molecule has 1 rings (SSSR count). The van der Waals surface area contributed by atoms with Crippen LogP contribution >= 0.6 is 0 Å². The number of aryl methyl sites for hydroxylation is 1. The van der Waals surface area contributed by atoms with E-state index in [1.807, 2.05) is 0 Å². The highest BCUT2D eigenvalue weighted by Crippen LogP contribution is 2.12. The lowest BCUT2D eigenvalue weighted by Gasteiger charge is -2.11. The second kappa shape index (κ2) is 9.98. The molecule has 0 aliphatic rings. The van der Waals surface area contributed by atoms with Gasteiger partial charge in [0, 0.05) is 20.8 Å². The van der Waals surface area contributed by atoms with Crippen LogP contribution in [0.4, 0.5) is 8.78 Å². The van der Waals surface area contributed by atoms with Crippen LogP contribution in [0.3, 0.4) is 0 Å². The molecule has 0 heterocycles. The van der Waals surface area contributed by atoms with Crippen LogP contribution in [0.1, 0.15) is 31.2 Å². The highest BCUT2D eigenvalue weighted by atomic mass is 28.3. The fourth-order valence-electron chi connectivity index (χ4n) is 1.89. The van der Waals surface area contributed by atoms with Gasteiger partial charge in [-0.05, 0) is 37.0 Å². The molecule has 0 atom stereocenters. The molecule has 0 aliphatic carbocycles. The maximum Gasteiger partial charge on any atom is 0.483 e. The molecule has 0 fully saturated rings. The zero-order valence-corrected chi connectivity index (χ0v) is 13.2. The summed E-state index contributed by atoms with van der Waals surface area (Å²) in [4.78, 5) is 0. The number of hydrogen-bond donors (Lipinski definition) is 0. The van der Waals surface area contributed by atoms with Crippen molar-refractivity contribution in [2.45, 2.75) is 32.1 Å². The van der Waals surface area contributed by atoms with Gasteiger partial charge >= 0.3 is 9.53 Å². The fraction of sp³-hybridized carbons (Fsp3) is 0.571. The molecule has 0 spiro atoms. The first-order chi connectivity index (χ1) is 9.67. The van der Waals surface area contributed by atoms with Crippen LogP contribution in [0.25, 0.3) is 0 Å². The van der Waals surface area contributed by atoms with E-state index in [-0.39, 0.29) is 0 Å². The van der Waals surface area contributed by atoms with Crippen molar-refractivity contribution in [3.8, 4) is 0 Å². The molecule has 0 unspecified atom stereocenters. The van der Waals surface area contributed by atoms with Crippen molar-refractivity contribution in [3.05, 3.63) is 35.4 Å². The van der Waals surface area contributed by atoms with E-state index in [4.69, 9.17) is 13.3 Å². The monoisotopic (exact) mass is 304 g/mol. The minimum absolute atomic E-state index is 0.643. The van der Waals surface area contributed by atoms with Gasteiger partial charge in [-0.2, -0.15) is 0 Å². The van der Waals surface area contributed by atoms with Crippen LogP contribution < -0.4 is 0 Å². The van der Waals surface area contributed by atoms with Gasteiger partial charge in [0.05, 0.1) is 0 Å². The summed E-state index contributed by atoms with van der Waals surface area (Å²) < 4.78 is 41.2. The van der Waals surface area contributed by atoms with Crippen molar-refractivity contribution in [3.63, 3.8) is 0 Å². The Balaban J connectivity index is 2.06. The second-order valence-corrected chi connectivity index (χ2v) is 6.40. The van der Waals surface area contributed by atoms with Crippen LogP contribution in [-0.4, -0.2) is 30.4 Å². The predicted octanol–water partition coefficient (Wildman–Crippen LogP) is 3.09. The molecule has 0 radical (unpaired) electrons. The zero-order chi connectivity index (χ0) is 14.8. The van der Waals surface area contributed by atoms with Gasteiger partial charge in [0.2, 0.25) is 0 Å². The Labute approximate surface area is 120 Å². The Morgan fingerprint density at radius 1 is 0.950 bits per heavy atom. The third-order valence-corrected chi connectivity index (χ3v) is 4.26. The molecule has 0 aliphatic heterocycles. The van der Waals surface area contributed by atoms with Gasteiger partial charge in [-0.25, -0.2) is 8.78 Å². The maximum absolute atomic E-state index is 13.0. The smallest absolute Gasteiger partial charge is 0.379 e. The summed E-state index contributed by atoms with van der Waals surface area (Å²) in [6.45, 7) is 0.643. The molecule has 0 saturated heterocycles. The summed E-state index contributed by atoms with van der Waals surface area (Å²) in [5, 5.41) is 0. The SMILES string of the molecule is CO[SiH](OC)OCCCCCCc1ccc(F)c(F)c1. The lowest BCUT2D eigenvalue weighted by molar-refractivity contribution is 0.133. The summed E-state index contributed by atoms with van der Waals surface area (Å²) >= 11 is 0. The first-order valence-electron chi connectivity index (χ1n) is 6.78. The van der Waals surface area contributed by atoms with Gasteiger partial charge in [0.1, 0.15) is 0 Å². The average molecular weight is 304 g/mol. The van der Waals surface area contributed by atoms with E-state index in [0.717, 1.165) is 37.7 Å². The number of unbranched alkanes of at least 4 members (excludes halogenated alkanes) is 3. The topological polar surface area (TPSA) is 27.7 Å². The first-order valence-corrected chi connectivity index (χ1v) is 8.20. The number of halogens is 2. The second-order valence-electron chi connectivity index (χ2n) is 4.54. The lowest BCUT2D eigenvalue weighted by atomic mass is 10.1. The van der Waals surface area contributed by atoms with Crippen molar-refractivity contribution in [1.82, 2.24) is 0 Å². The van der Waals surface area contributed by atoms with Crippen LogP contribution in [0.15, 0.2) is 18.2 Å². The Bertz CT molecular complexity index is 387. The van der Waals surface area contributed by atoms with Crippen molar-refractivity contribution in [1.29, 1.82) is 0 Å². The van der Waals surface area contributed by atoms with Gasteiger partial charge in [0.15, 0.2) is 11.6 Å². The largest absolute Gasteiger partial charge is 0.483 e. The Morgan fingerprint density at radius 3 is 2.30 bits per heavy atom. The lowest BCUT2D eigenvalue weighted by Crippen LogP contribution is -2.24. The highest BCUT2D eigenvalue weighted by molar-refractivity contribution is 6.36. The molecule has 0 amide bonds. The number of hydrogen-bond acceptors (Lipinski definition) is 3. The fourth-order valence-corrected chi connectivity index (χ4v) is 2.72. The summed E-state index contributed by atoms with van der Waals surface area (Å²) in [5.41, 5.74) is 0.839. The molecular weight excluding hydrogens is 282 g/mol. The molecule has 0 saturated carbocycles. The summed E-state index contributed by atoms with van der Waals surface area (Å²) in [7, 11) is 1.28. The third kappa shape index (κ3) is 6.56. The van der Waals surface area contributed by atoms with Crippen molar-refractivity contribution in [2.24, 2.45) is 0 Å². The van der Waals surface area contributed by atoms with Crippen molar-refractivity contribution < 1.29 is 22.1 Å². The van der Waals surface area contributed by atoms with E-state index in [2.05, 4.69) is 0 Å². The molecule has 1 aromatic carbocycles. The molecule has 3 nitrogen and oxygen atoms in total. The normalized spacial score (nSPS) is 11.2. The van der Waals surface area contributed by atoms with Gasteiger partial charge < -0.3 is 13.3 Å². The summed E-state index contributed by atoms with van der Waals surface area (Å²) in [6, 6.07) is 4.08. The molecule has 0 N–H and O–H groups in total. The Kier molecular flexibility index (Phi) is 8.60. The van der Waals surface area contributed by atoms with Crippen LogP contribution in [0.2, 0.25) is 0 Å². The standard InChI is InChI=1S/C14H22F2O3Si/c1-17-20(18-2)19-10-6-4-3-5-7-12-8-9-13(15)14(16)11-12/h8-9,11,20H,3-7,10H2,1-2H3. The molecule has 114 valence electrons. The predicted molar refractivity (Wildman–Crippen MR) is 75.6 cm³/mol. The van der Waals surface area contributed by atoms with E-state index >= 15 is 0 Å². The Morgan fingerprint density at radius 2 is 1.65 bits per heavy atom. The number of benzene rings is 1. The average Bonchev–Trinajstić information content (AvgIpc) is 2.46. The van der Waals surface area contributed by atoms with Gasteiger partial charge in [-0.3, -0.25) is 0 Å². The zero-order valence-electron chi connectivity index (χ0n) is 12.0. The summed E-state index contributed by atoms with van der Waals surface area (Å²) in [5.74, 6) is -1.56. The van der Waals surface area contributed by atoms with E-state index in [1.165, 1.54) is 12.1 Å². The van der Waals surface area contributed by atoms with Crippen LogP contribution in [0, 0.1) is 11.6 Å². The molecule has 6 heteroatoms. The minimum atomic E-state index is -1.89. The van der Waals surface area contributed by atoms with Crippen molar-refractivity contribution in [2.75, 3.05) is 20.8 Å². The van der Waals surface area contributed by atoms with Crippen LogP contribution in [0.5, 0.6) is 0 Å². The van der Waals surface area contributed by atoms with Crippen LogP contribution in [-0.2, 0) is 19.7 Å². The highest BCUT2D eigenvalue weighted by Gasteiger charge is 2.09. The molecule has 20 heavy (non-hydrogen) atoms. The van der Waals surface area contributed by atoms with Crippen molar-refractivity contribution >= 4 is 9.53 Å². The van der Waals surface area contributed by atoms with E-state index in [0.29, 0.717) is 6.61 Å². The van der Waals surface area contributed by atoms with Gasteiger partial charge in [0.25, 0.3) is 0 Å². The quantitative estimate of drug-likeness (QED) is 0.491. The maximum atomic E-state index is 13.0. The minimum Gasteiger partial charge on any atom is -0.379 e. The van der Waals surface area contributed by atoms with E-state index < -0.39 is 21.2 Å². The molecular formula is C14H22F2O3Si. The summed E-state index contributed by atoms with van der Waals surface area (Å²) in [6.07, 6.45) is 4.76. The molecule has 0 bridgehead atoms. The van der Waals surface area contributed by atoms with Gasteiger partial charge in [-0.15, -0.1) is 0 Å². The van der Waals surface area contributed by atoms with Gasteiger partial charge in [-0.1, -0.05) is 18.9 Å². The molecule has 1 aromatic rings. The number of rotatable bonds is 10.